The summed E-state index contributed by atoms with van der Waals surface area (Å²) in [5.41, 5.74) is 1.02. The van der Waals surface area contributed by atoms with Crippen LogP contribution in [0.25, 0.3) is 0 Å². The third kappa shape index (κ3) is 4.66. The molecule has 0 aliphatic carbocycles. The van der Waals surface area contributed by atoms with Crippen molar-refractivity contribution in [1.82, 2.24) is 10.3 Å². The zero-order chi connectivity index (χ0) is 13.7. The summed E-state index contributed by atoms with van der Waals surface area (Å²) in [5.74, 6) is -0.330. The first kappa shape index (κ1) is 15.0. The van der Waals surface area contributed by atoms with Gasteiger partial charge in [0.2, 0.25) is 5.91 Å². The highest BCUT2D eigenvalue weighted by Gasteiger charge is 2.18. The van der Waals surface area contributed by atoms with Gasteiger partial charge in [-0.1, -0.05) is 0 Å². The second kappa shape index (κ2) is 6.75. The summed E-state index contributed by atoms with van der Waals surface area (Å²) in [6.07, 6.45) is 0. The van der Waals surface area contributed by atoms with E-state index in [-0.39, 0.29) is 5.91 Å². The molecule has 0 aliphatic rings. The molecule has 1 atom stereocenters. The van der Waals surface area contributed by atoms with Gasteiger partial charge in [0.05, 0.1) is 5.69 Å². The van der Waals surface area contributed by atoms with Gasteiger partial charge in [-0.15, -0.1) is 11.3 Å². The molecule has 0 bridgehead atoms. The first-order valence-corrected chi connectivity index (χ1v) is 7.38. The number of aliphatic carboxylic acids is 1. The number of aromatic nitrogens is 1. The topological polar surface area (TPSA) is 79.3 Å². The van der Waals surface area contributed by atoms with Gasteiger partial charge in [-0.3, -0.25) is 4.79 Å². The highest BCUT2D eigenvalue weighted by atomic mass is 32.2. The van der Waals surface area contributed by atoms with Gasteiger partial charge >= 0.3 is 5.97 Å². The van der Waals surface area contributed by atoms with Crippen molar-refractivity contribution < 1.29 is 14.7 Å². The molecule has 5 nitrogen and oxygen atoms in total. The molecule has 0 radical (unpaired) electrons. The number of rotatable bonds is 6. The number of carboxylic acids is 1. The molecule has 1 aromatic rings. The molecular formula is C11H16N2O3S2. The fourth-order valence-corrected chi connectivity index (χ4v) is 3.32. The van der Waals surface area contributed by atoms with Gasteiger partial charge in [0.25, 0.3) is 0 Å². The van der Waals surface area contributed by atoms with Gasteiger partial charge < -0.3 is 10.4 Å². The number of thiazole rings is 1. The van der Waals surface area contributed by atoms with Crippen LogP contribution in [0.4, 0.5) is 0 Å². The van der Waals surface area contributed by atoms with Crippen LogP contribution < -0.4 is 5.32 Å². The lowest BCUT2D eigenvalue weighted by molar-refractivity contribution is -0.140. The van der Waals surface area contributed by atoms with E-state index in [1.807, 2.05) is 13.8 Å². The zero-order valence-electron chi connectivity index (χ0n) is 10.5. The number of carbonyl (C=O) groups is 2. The molecule has 1 heterocycles. The molecule has 0 spiro atoms. The largest absolute Gasteiger partial charge is 0.480 e. The molecule has 1 amide bonds. The van der Waals surface area contributed by atoms with Crippen LogP contribution in [0.1, 0.15) is 22.5 Å². The second-order valence-corrected chi connectivity index (χ2v) is 6.17. The van der Waals surface area contributed by atoms with E-state index in [9.17, 15) is 9.59 Å². The van der Waals surface area contributed by atoms with Crippen LogP contribution in [-0.2, 0) is 15.3 Å². The predicted octanol–water partition coefficient (Wildman–Crippen LogP) is 1.58. The van der Waals surface area contributed by atoms with Gasteiger partial charge in [-0.05, 0) is 13.8 Å². The Morgan fingerprint density at radius 2 is 2.17 bits per heavy atom. The minimum absolute atomic E-state index is 0.330. The van der Waals surface area contributed by atoms with E-state index >= 15 is 0 Å². The van der Waals surface area contributed by atoms with Crippen molar-refractivity contribution in [3.05, 3.63) is 15.6 Å². The lowest BCUT2D eigenvalue weighted by Crippen LogP contribution is -2.41. The summed E-state index contributed by atoms with van der Waals surface area (Å²) in [4.78, 5) is 27.3. The van der Waals surface area contributed by atoms with Crippen LogP contribution in [0.2, 0.25) is 0 Å². The molecule has 0 aliphatic heterocycles. The molecule has 18 heavy (non-hydrogen) atoms. The first-order valence-electron chi connectivity index (χ1n) is 5.40. The van der Waals surface area contributed by atoms with Gasteiger partial charge in [0.1, 0.15) is 11.0 Å². The number of carboxylic acid groups (broad SMARTS) is 1. The van der Waals surface area contributed by atoms with E-state index in [1.54, 1.807) is 11.3 Å². The number of hydrogen-bond donors (Lipinski definition) is 2. The van der Waals surface area contributed by atoms with E-state index in [0.717, 1.165) is 10.7 Å². The summed E-state index contributed by atoms with van der Waals surface area (Å²) < 4.78 is 0. The molecule has 100 valence electrons. The van der Waals surface area contributed by atoms with Crippen LogP contribution in [0.3, 0.4) is 0 Å². The Labute approximate surface area is 114 Å². The van der Waals surface area contributed by atoms with Gasteiger partial charge in [0.15, 0.2) is 0 Å². The third-order valence-corrected chi connectivity index (χ3v) is 4.56. The predicted molar refractivity (Wildman–Crippen MR) is 73.0 cm³/mol. The molecule has 0 saturated heterocycles. The maximum Gasteiger partial charge on any atom is 0.327 e. The summed E-state index contributed by atoms with van der Waals surface area (Å²) in [6, 6.07) is -0.838. The average molecular weight is 288 g/mol. The van der Waals surface area contributed by atoms with Crippen molar-refractivity contribution in [2.45, 2.75) is 32.6 Å². The fraction of sp³-hybridized carbons (Fsp3) is 0.545. The Bertz CT molecular complexity index is 426. The van der Waals surface area contributed by atoms with Crippen LogP contribution in [0.5, 0.6) is 0 Å². The maximum atomic E-state index is 10.9. The summed E-state index contributed by atoms with van der Waals surface area (Å²) in [7, 11) is 0. The quantitative estimate of drug-likeness (QED) is 0.831. The number of nitrogens with zero attached hydrogens (tertiary/aromatic N) is 1. The molecular weight excluding hydrogens is 272 g/mol. The Morgan fingerprint density at radius 1 is 1.50 bits per heavy atom. The van der Waals surface area contributed by atoms with Crippen molar-refractivity contribution in [3.8, 4) is 0 Å². The van der Waals surface area contributed by atoms with E-state index in [0.29, 0.717) is 11.5 Å². The van der Waals surface area contributed by atoms with Crippen molar-refractivity contribution in [2.75, 3.05) is 5.75 Å². The minimum atomic E-state index is -1.01. The number of hydrogen-bond acceptors (Lipinski definition) is 5. The fourth-order valence-electron chi connectivity index (χ4n) is 1.29. The van der Waals surface area contributed by atoms with Crippen molar-refractivity contribution >= 4 is 35.0 Å². The summed E-state index contributed by atoms with van der Waals surface area (Å²) >= 11 is 3.08. The lowest BCUT2D eigenvalue weighted by Gasteiger charge is -2.11. The molecule has 0 fully saturated rings. The highest BCUT2D eigenvalue weighted by Crippen LogP contribution is 2.21. The molecule has 0 saturated carbocycles. The second-order valence-electron chi connectivity index (χ2n) is 3.86. The standard InChI is InChI=1S/C11H16N2O3S2/c1-6-7(2)18-10(12-6)5-17-4-9(11(15)16)13-8(3)14/h9H,4-5H2,1-3H3,(H,13,14)(H,15,16)/t9-/m0/s1. The maximum absolute atomic E-state index is 10.9. The Kier molecular flexibility index (Phi) is 5.61. The van der Waals surface area contributed by atoms with Crippen molar-refractivity contribution in [2.24, 2.45) is 0 Å². The number of thioether (sulfide) groups is 1. The van der Waals surface area contributed by atoms with Crippen LogP contribution in [0, 0.1) is 13.8 Å². The molecule has 1 aromatic heterocycles. The van der Waals surface area contributed by atoms with E-state index < -0.39 is 12.0 Å². The van der Waals surface area contributed by atoms with Crippen molar-refractivity contribution in [3.63, 3.8) is 0 Å². The van der Waals surface area contributed by atoms with Crippen LogP contribution in [-0.4, -0.2) is 33.8 Å². The first-order chi connectivity index (χ1) is 8.40. The number of nitrogens with one attached hydrogen (secondary N) is 1. The van der Waals surface area contributed by atoms with Crippen molar-refractivity contribution in [1.29, 1.82) is 0 Å². The SMILES string of the molecule is CC(=O)N[C@@H](CSCc1nc(C)c(C)s1)C(=O)O. The third-order valence-electron chi connectivity index (χ3n) is 2.26. The zero-order valence-corrected chi connectivity index (χ0v) is 12.2. The highest BCUT2D eigenvalue weighted by molar-refractivity contribution is 7.98. The molecule has 2 N–H and O–H groups in total. The molecule has 7 heteroatoms. The molecule has 1 rings (SSSR count). The lowest BCUT2D eigenvalue weighted by atomic mass is 10.3. The van der Waals surface area contributed by atoms with Gasteiger partial charge in [-0.2, -0.15) is 11.8 Å². The minimum Gasteiger partial charge on any atom is -0.480 e. The van der Waals surface area contributed by atoms with Crippen LogP contribution in [0.15, 0.2) is 0 Å². The molecule has 0 unspecified atom stereocenters. The number of aryl methyl sites for hydroxylation is 2. The van der Waals surface area contributed by atoms with E-state index in [2.05, 4.69) is 10.3 Å². The van der Waals surface area contributed by atoms with Gasteiger partial charge in [0, 0.05) is 23.3 Å². The number of amides is 1. The smallest absolute Gasteiger partial charge is 0.327 e. The number of carbonyl (C=O) groups excluding carboxylic acids is 1. The molecule has 0 aromatic carbocycles. The Hall–Kier alpha value is -1.08. The Morgan fingerprint density at radius 3 is 2.61 bits per heavy atom. The summed E-state index contributed by atoms with van der Waals surface area (Å²) in [5, 5.41) is 12.3. The van der Waals surface area contributed by atoms with E-state index in [4.69, 9.17) is 5.11 Å². The Balaban J connectivity index is 2.43. The van der Waals surface area contributed by atoms with E-state index in [1.165, 1.54) is 23.6 Å². The average Bonchev–Trinajstić information content (AvgIpc) is 2.56. The monoisotopic (exact) mass is 288 g/mol. The van der Waals surface area contributed by atoms with Gasteiger partial charge in [-0.25, -0.2) is 9.78 Å². The van der Waals surface area contributed by atoms with Crippen LogP contribution >= 0.6 is 23.1 Å². The normalized spacial score (nSPS) is 12.2. The summed E-state index contributed by atoms with van der Waals surface area (Å²) in [6.45, 7) is 5.28.